The van der Waals surface area contributed by atoms with Gasteiger partial charge in [0.15, 0.2) is 5.82 Å². The van der Waals surface area contributed by atoms with E-state index < -0.39 is 0 Å². The number of ether oxygens (including phenoxy) is 1. The molecule has 0 saturated carbocycles. The van der Waals surface area contributed by atoms with Gasteiger partial charge in [-0.25, -0.2) is 9.97 Å². The Bertz CT molecular complexity index is 1210. The van der Waals surface area contributed by atoms with Gasteiger partial charge in [-0.2, -0.15) is 4.98 Å². The Morgan fingerprint density at radius 1 is 1.18 bits per heavy atom. The highest BCUT2D eigenvalue weighted by atomic mass is 16.5. The minimum Gasteiger partial charge on any atom is -0.494 e. The summed E-state index contributed by atoms with van der Waals surface area (Å²) in [5, 5.41) is 6.88. The average Bonchev–Trinajstić information content (AvgIpc) is 3.53. The molecule has 1 N–H and O–H groups in total. The number of imidazole rings is 1. The Morgan fingerprint density at radius 3 is 2.73 bits per heavy atom. The van der Waals surface area contributed by atoms with E-state index >= 15 is 0 Å². The number of nitrogens with one attached hydrogen (secondary N) is 1. The van der Waals surface area contributed by atoms with Crippen molar-refractivity contribution in [3.8, 4) is 23.0 Å². The molecule has 0 spiro atoms. The maximum absolute atomic E-state index is 12.6. The highest BCUT2D eigenvalue weighted by molar-refractivity contribution is 5.92. The standard InChI is InChI=1S/C24H26N6O3/c1-4-11-32-19-7-5-17(6-8-19)13-26-23(31)20-14-30(15-27-20)21-12-18(9-10-25-21)24-28-22(16(2)3)29-33-24/h5-10,12,14-16H,4,11,13H2,1-3H3,(H,26,31). The lowest BCUT2D eigenvalue weighted by Gasteiger charge is -2.07. The molecule has 0 unspecified atom stereocenters. The molecule has 1 aromatic carbocycles. The van der Waals surface area contributed by atoms with Gasteiger partial charge in [0, 0.05) is 30.4 Å². The number of amides is 1. The predicted octanol–water partition coefficient (Wildman–Crippen LogP) is 4.16. The van der Waals surface area contributed by atoms with Crippen molar-refractivity contribution in [2.75, 3.05) is 6.61 Å². The molecule has 9 nitrogen and oxygen atoms in total. The van der Waals surface area contributed by atoms with Crippen molar-refractivity contribution in [3.63, 3.8) is 0 Å². The fourth-order valence-corrected chi connectivity index (χ4v) is 3.04. The number of nitrogens with zero attached hydrogens (tertiary/aromatic N) is 5. The summed E-state index contributed by atoms with van der Waals surface area (Å²) < 4.78 is 12.6. The second-order valence-electron chi connectivity index (χ2n) is 7.86. The number of benzene rings is 1. The number of carbonyl (C=O) groups is 1. The van der Waals surface area contributed by atoms with Crippen LogP contribution in [0.15, 0.2) is 59.6 Å². The number of pyridine rings is 1. The van der Waals surface area contributed by atoms with E-state index in [4.69, 9.17) is 9.26 Å². The molecule has 1 amide bonds. The summed E-state index contributed by atoms with van der Waals surface area (Å²) in [6.07, 6.45) is 5.79. The van der Waals surface area contributed by atoms with Crippen LogP contribution in [0.25, 0.3) is 17.3 Å². The highest BCUT2D eigenvalue weighted by Crippen LogP contribution is 2.21. The molecule has 0 aliphatic rings. The van der Waals surface area contributed by atoms with E-state index in [2.05, 4.69) is 32.3 Å². The van der Waals surface area contributed by atoms with Gasteiger partial charge in [-0.3, -0.25) is 9.36 Å². The van der Waals surface area contributed by atoms with Crippen LogP contribution >= 0.6 is 0 Å². The maximum atomic E-state index is 12.6. The van der Waals surface area contributed by atoms with Crippen LogP contribution in [-0.4, -0.2) is 37.2 Å². The third-order valence-corrected chi connectivity index (χ3v) is 4.88. The second-order valence-corrected chi connectivity index (χ2v) is 7.86. The first-order valence-corrected chi connectivity index (χ1v) is 10.9. The predicted molar refractivity (Wildman–Crippen MR) is 122 cm³/mol. The third-order valence-electron chi connectivity index (χ3n) is 4.88. The van der Waals surface area contributed by atoms with Crippen LogP contribution in [-0.2, 0) is 6.54 Å². The Kier molecular flexibility index (Phi) is 6.77. The first-order valence-electron chi connectivity index (χ1n) is 10.9. The molecule has 0 fully saturated rings. The molecule has 0 aliphatic heterocycles. The van der Waals surface area contributed by atoms with E-state index in [1.807, 2.05) is 44.2 Å². The fraction of sp³-hybridized carbons (Fsp3) is 0.292. The van der Waals surface area contributed by atoms with E-state index in [0.717, 1.165) is 23.3 Å². The first kappa shape index (κ1) is 22.2. The number of rotatable bonds is 9. The molecule has 170 valence electrons. The lowest BCUT2D eigenvalue weighted by molar-refractivity contribution is 0.0946. The van der Waals surface area contributed by atoms with Crippen molar-refractivity contribution in [3.05, 3.63) is 72.2 Å². The van der Waals surface area contributed by atoms with Crippen LogP contribution in [0.4, 0.5) is 0 Å². The van der Waals surface area contributed by atoms with Gasteiger partial charge in [0.25, 0.3) is 11.8 Å². The van der Waals surface area contributed by atoms with Gasteiger partial charge < -0.3 is 14.6 Å². The molecular weight excluding hydrogens is 420 g/mol. The van der Waals surface area contributed by atoms with Crippen molar-refractivity contribution in [2.45, 2.75) is 39.7 Å². The fourth-order valence-electron chi connectivity index (χ4n) is 3.04. The summed E-state index contributed by atoms with van der Waals surface area (Å²) in [6.45, 7) is 7.14. The number of hydrogen-bond donors (Lipinski definition) is 1. The van der Waals surface area contributed by atoms with E-state index in [-0.39, 0.29) is 11.8 Å². The van der Waals surface area contributed by atoms with Crippen molar-refractivity contribution >= 4 is 5.91 Å². The monoisotopic (exact) mass is 446 g/mol. The Hall–Kier alpha value is -4.01. The van der Waals surface area contributed by atoms with Gasteiger partial charge in [0.1, 0.15) is 23.6 Å². The summed E-state index contributed by atoms with van der Waals surface area (Å²) in [5.41, 5.74) is 2.01. The quantitative estimate of drug-likeness (QED) is 0.411. The van der Waals surface area contributed by atoms with Crippen LogP contribution < -0.4 is 10.1 Å². The van der Waals surface area contributed by atoms with Crippen LogP contribution in [0.1, 0.15) is 55.0 Å². The maximum Gasteiger partial charge on any atom is 0.271 e. The van der Waals surface area contributed by atoms with Crippen LogP contribution in [0, 0.1) is 0 Å². The summed E-state index contributed by atoms with van der Waals surface area (Å²) >= 11 is 0. The van der Waals surface area contributed by atoms with Gasteiger partial charge in [-0.1, -0.05) is 38.1 Å². The molecule has 0 saturated heterocycles. The zero-order valence-corrected chi connectivity index (χ0v) is 18.9. The molecule has 0 radical (unpaired) electrons. The lowest BCUT2D eigenvalue weighted by Crippen LogP contribution is -2.23. The largest absolute Gasteiger partial charge is 0.494 e. The average molecular weight is 447 g/mol. The van der Waals surface area contributed by atoms with Crippen molar-refractivity contribution < 1.29 is 14.1 Å². The van der Waals surface area contributed by atoms with Gasteiger partial charge >= 0.3 is 0 Å². The Labute approximate surface area is 191 Å². The lowest BCUT2D eigenvalue weighted by atomic mass is 10.2. The zero-order chi connectivity index (χ0) is 23.2. The van der Waals surface area contributed by atoms with E-state index in [1.54, 1.807) is 29.4 Å². The molecule has 0 aliphatic carbocycles. The summed E-state index contributed by atoms with van der Waals surface area (Å²) in [6, 6.07) is 11.3. The highest BCUT2D eigenvalue weighted by Gasteiger charge is 2.14. The summed E-state index contributed by atoms with van der Waals surface area (Å²) in [4.78, 5) is 25.6. The van der Waals surface area contributed by atoms with Crippen LogP contribution in [0.2, 0.25) is 0 Å². The number of carbonyl (C=O) groups excluding carboxylic acids is 1. The van der Waals surface area contributed by atoms with E-state index in [9.17, 15) is 4.79 Å². The molecule has 0 bridgehead atoms. The Balaban J connectivity index is 1.40. The number of aromatic nitrogens is 5. The Morgan fingerprint density at radius 2 is 2.00 bits per heavy atom. The van der Waals surface area contributed by atoms with Crippen molar-refractivity contribution in [2.24, 2.45) is 0 Å². The molecular formula is C24H26N6O3. The normalized spacial score (nSPS) is 11.0. The van der Waals surface area contributed by atoms with Gasteiger partial charge in [-0.15, -0.1) is 0 Å². The minimum absolute atomic E-state index is 0.172. The molecule has 4 aromatic rings. The van der Waals surface area contributed by atoms with Gasteiger partial charge in [0.05, 0.1) is 6.61 Å². The molecule has 33 heavy (non-hydrogen) atoms. The number of hydrogen-bond acceptors (Lipinski definition) is 7. The van der Waals surface area contributed by atoms with E-state index in [0.29, 0.717) is 36.4 Å². The topological polar surface area (TPSA) is 108 Å². The van der Waals surface area contributed by atoms with Gasteiger partial charge in [-0.05, 0) is 36.2 Å². The zero-order valence-electron chi connectivity index (χ0n) is 18.9. The van der Waals surface area contributed by atoms with Crippen molar-refractivity contribution in [1.82, 2.24) is 30.0 Å². The van der Waals surface area contributed by atoms with Crippen LogP contribution in [0.3, 0.4) is 0 Å². The molecule has 3 aromatic heterocycles. The molecule has 3 heterocycles. The second kappa shape index (κ2) is 10.1. The summed E-state index contributed by atoms with van der Waals surface area (Å²) in [5.74, 6) is 2.38. The third kappa shape index (κ3) is 5.43. The van der Waals surface area contributed by atoms with Crippen molar-refractivity contribution in [1.29, 1.82) is 0 Å². The summed E-state index contributed by atoms with van der Waals surface area (Å²) in [7, 11) is 0. The minimum atomic E-state index is -0.269. The van der Waals surface area contributed by atoms with Gasteiger partial charge in [0.2, 0.25) is 0 Å². The first-order chi connectivity index (χ1) is 16.0. The smallest absolute Gasteiger partial charge is 0.271 e. The molecule has 0 atom stereocenters. The molecule has 9 heteroatoms. The SMILES string of the molecule is CCCOc1ccc(CNC(=O)c2cn(-c3cc(-c4nc(C(C)C)no4)ccn3)cn2)cc1. The van der Waals surface area contributed by atoms with E-state index in [1.165, 1.54) is 0 Å². The van der Waals surface area contributed by atoms with Crippen LogP contribution in [0.5, 0.6) is 5.75 Å². The molecule has 4 rings (SSSR count).